The lowest BCUT2D eigenvalue weighted by Crippen LogP contribution is -2.29. The second-order valence-corrected chi connectivity index (χ2v) is 4.41. The summed E-state index contributed by atoms with van der Waals surface area (Å²) in [6.07, 6.45) is 0. The van der Waals surface area contributed by atoms with Gasteiger partial charge in [0, 0.05) is 6.54 Å². The van der Waals surface area contributed by atoms with E-state index in [0.29, 0.717) is 12.2 Å². The normalized spacial score (nSPS) is 19.8. The predicted octanol–water partition coefficient (Wildman–Crippen LogP) is 2.46. The Morgan fingerprint density at radius 3 is 2.81 bits per heavy atom. The molecule has 0 spiro atoms. The maximum absolute atomic E-state index is 13.0. The number of halogens is 1. The summed E-state index contributed by atoms with van der Waals surface area (Å²) < 4.78 is 13.0. The number of carbonyl (C=O) groups excluding carboxylic acids is 1. The lowest BCUT2D eigenvalue weighted by Gasteiger charge is -2.16. The number of rotatable bonds is 1. The average molecular weight is 222 g/mol. The quantitative estimate of drug-likeness (QED) is 0.766. The van der Waals surface area contributed by atoms with Crippen molar-refractivity contribution in [3.8, 4) is 0 Å². The molecule has 1 aliphatic rings. The molecular weight excluding hydrogens is 207 g/mol. The van der Waals surface area contributed by atoms with Gasteiger partial charge in [0.25, 0.3) is 0 Å². The molecule has 0 fully saturated rings. The van der Waals surface area contributed by atoms with Crippen molar-refractivity contribution in [1.82, 2.24) is 0 Å². The van der Waals surface area contributed by atoms with E-state index in [-0.39, 0.29) is 23.6 Å². The molecule has 0 aliphatic carbocycles. The number of fused-ring (bicyclic) bond motifs is 1. The highest BCUT2D eigenvalue weighted by atomic mass is 19.1. The lowest BCUT2D eigenvalue weighted by molar-refractivity contribution is -0.120. The summed E-state index contributed by atoms with van der Waals surface area (Å²) in [5.74, 6) is -0.224. The number of anilines is 2. The third kappa shape index (κ3) is 2.01. The van der Waals surface area contributed by atoms with Crippen molar-refractivity contribution in [3.63, 3.8) is 0 Å². The van der Waals surface area contributed by atoms with Crippen molar-refractivity contribution in [3.05, 3.63) is 24.0 Å². The monoisotopic (exact) mass is 222 g/mol. The summed E-state index contributed by atoms with van der Waals surface area (Å²) in [5.41, 5.74) is 1.30. The molecule has 1 heterocycles. The first-order valence-corrected chi connectivity index (χ1v) is 5.42. The molecule has 1 atom stereocenters. The van der Waals surface area contributed by atoms with E-state index in [9.17, 15) is 9.18 Å². The maximum Gasteiger partial charge on any atom is 0.229 e. The highest BCUT2D eigenvalue weighted by Gasteiger charge is 2.25. The van der Waals surface area contributed by atoms with Crippen molar-refractivity contribution >= 4 is 17.3 Å². The van der Waals surface area contributed by atoms with Crippen LogP contribution in [0, 0.1) is 17.7 Å². The van der Waals surface area contributed by atoms with Crippen LogP contribution in [0.2, 0.25) is 0 Å². The Kier molecular flexibility index (Phi) is 2.81. The SMILES string of the molecule is CC(C)C1CNc2ccc(F)cc2NC1=O. The minimum absolute atomic E-state index is 0.0492. The number of carbonyl (C=O) groups is 1. The van der Waals surface area contributed by atoms with Crippen LogP contribution >= 0.6 is 0 Å². The first-order chi connectivity index (χ1) is 7.58. The molecule has 16 heavy (non-hydrogen) atoms. The number of nitrogens with one attached hydrogen (secondary N) is 2. The zero-order valence-corrected chi connectivity index (χ0v) is 9.38. The summed E-state index contributed by atoms with van der Waals surface area (Å²) in [6, 6.07) is 4.37. The van der Waals surface area contributed by atoms with Crippen molar-refractivity contribution in [2.24, 2.45) is 11.8 Å². The van der Waals surface area contributed by atoms with Gasteiger partial charge >= 0.3 is 0 Å². The van der Waals surface area contributed by atoms with E-state index >= 15 is 0 Å². The van der Waals surface area contributed by atoms with Gasteiger partial charge in [-0.05, 0) is 24.1 Å². The second kappa shape index (κ2) is 4.12. The average Bonchev–Trinajstić information content (AvgIpc) is 2.35. The Morgan fingerprint density at radius 2 is 2.12 bits per heavy atom. The van der Waals surface area contributed by atoms with Crippen LogP contribution in [0.3, 0.4) is 0 Å². The van der Waals surface area contributed by atoms with Gasteiger partial charge in [-0.15, -0.1) is 0 Å². The van der Waals surface area contributed by atoms with Crippen molar-refractivity contribution in [2.45, 2.75) is 13.8 Å². The van der Waals surface area contributed by atoms with Gasteiger partial charge in [0.15, 0.2) is 0 Å². The molecule has 1 aliphatic heterocycles. The molecule has 1 aromatic rings. The Balaban J connectivity index is 2.30. The molecular formula is C12H15FN2O. The van der Waals surface area contributed by atoms with Crippen LogP contribution in [0.5, 0.6) is 0 Å². The Bertz CT molecular complexity index is 417. The highest BCUT2D eigenvalue weighted by Crippen LogP contribution is 2.27. The molecule has 0 aromatic heterocycles. The largest absolute Gasteiger partial charge is 0.383 e. The van der Waals surface area contributed by atoms with Gasteiger partial charge in [-0.3, -0.25) is 4.79 Å². The lowest BCUT2D eigenvalue weighted by atomic mass is 9.95. The number of hydrogen-bond donors (Lipinski definition) is 2. The van der Waals surface area contributed by atoms with E-state index in [4.69, 9.17) is 0 Å². The number of benzene rings is 1. The fourth-order valence-corrected chi connectivity index (χ4v) is 1.85. The molecule has 1 amide bonds. The number of amides is 1. The first kappa shape index (κ1) is 10.9. The molecule has 0 saturated heterocycles. The second-order valence-electron chi connectivity index (χ2n) is 4.41. The summed E-state index contributed by atoms with van der Waals surface area (Å²) in [7, 11) is 0. The Labute approximate surface area is 94.0 Å². The van der Waals surface area contributed by atoms with Crippen LogP contribution in [0.15, 0.2) is 18.2 Å². The van der Waals surface area contributed by atoms with Gasteiger partial charge in [-0.1, -0.05) is 13.8 Å². The minimum Gasteiger partial charge on any atom is -0.383 e. The molecule has 1 aromatic carbocycles. The van der Waals surface area contributed by atoms with Gasteiger partial charge in [-0.2, -0.15) is 0 Å². The maximum atomic E-state index is 13.0. The van der Waals surface area contributed by atoms with E-state index in [1.165, 1.54) is 12.1 Å². The Morgan fingerprint density at radius 1 is 1.38 bits per heavy atom. The molecule has 0 saturated carbocycles. The zero-order chi connectivity index (χ0) is 11.7. The van der Waals surface area contributed by atoms with Crippen LogP contribution in [0.4, 0.5) is 15.8 Å². The molecule has 0 radical (unpaired) electrons. The van der Waals surface area contributed by atoms with E-state index in [0.717, 1.165) is 5.69 Å². The summed E-state index contributed by atoms with van der Waals surface area (Å²) in [4.78, 5) is 11.9. The smallest absolute Gasteiger partial charge is 0.229 e. The van der Waals surface area contributed by atoms with Gasteiger partial charge < -0.3 is 10.6 Å². The summed E-state index contributed by atoms with van der Waals surface area (Å²) in [5, 5.41) is 5.92. The van der Waals surface area contributed by atoms with Crippen molar-refractivity contribution < 1.29 is 9.18 Å². The van der Waals surface area contributed by atoms with Gasteiger partial charge in [0.1, 0.15) is 5.82 Å². The van der Waals surface area contributed by atoms with E-state index < -0.39 is 0 Å². The van der Waals surface area contributed by atoms with Gasteiger partial charge in [-0.25, -0.2) is 4.39 Å². The highest BCUT2D eigenvalue weighted by molar-refractivity contribution is 5.97. The third-order valence-corrected chi connectivity index (χ3v) is 2.89. The van der Waals surface area contributed by atoms with Crippen LogP contribution in [-0.4, -0.2) is 12.5 Å². The topological polar surface area (TPSA) is 41.1 Å². The van der Waals surface area contributed by atoms with E-state index in [2.05, 4.69) is 10.6 Å². The minimum atomic E-state index is -0.344. The molecule has 4 heteroatoms. The molecule has 2 N–H and O–H groups in total. The molecule has 3 nitrogen and oxygen atoms in total. The van der Waals surface area contributed by atoms with Crippen molar-refractivity contribution in [2.75, 3.05) is 17.2 Å². The fraction of sp³-hybridized carbons (Fsp3) is 0.417. The predicted molar refractivity (Wildman–Crippen MR) is 61.8 cm³/mol. The van der Waals surface area contributed by atoms with E-state index in [1.54, 1.807) is 6.07 Å². The molecule has 0 bridgehead atoms. The molecule has 2 rings (SSSR count). The van der Waals surface area contributed by atoms with E-state index in [1.807, 2.05) is 13.8 Å². The Hall–Kier alpha value is -1.58. The summed E-state index contributed by atoms with van der Waals surface area (Å²) in [6.45, 7) is 4.59. The van der Waals surface area contributed by atoms with Crippen LogP contribution in [-0.2, 0) is 4.79 Å². The summed E-state index contributed by atoms with van der Waals surface area (Å²) >= 11 is 0. The number of hydrogen-bond acceptors (Lipinski definition) is 2. The molecule has 86 valence electrons. The van der Waals surface area contributed by atoms with Crippen molar-refractivity contribution in [1.29, 1.82) is 0 Å². The zero-order valence-electron chi connectivity index (χ0n) is 9.38. The van der Waals surface area contributed by atoms with Gasteiger partial charge in [0.2, 0.25) is 5.91 Å². The van der Waals surface area contributed by atoms with Gasteiger partial charge in [0.05, 0.1) is 17.3 Å². The van der Waals surface area contributed by atoms with Crippen LogP contribution in [0.1, 0.15) is 13.8 Å². The first-order valence-electron chi connectivity index (χ1n) is 5.42. The van der Waals surface area contributed by atoms with Crippen LogP contribution < -0.4 is 10.6 Å². The third-order valence-electron chi connectivity index (χ3n) is 2.89. The fourth-order valence-electron chi connectivity index (χ4n) is 1.85. The standard InChI is InChI=1S/C12H15FN2O/c1-7(2)9-6-14-10-4-3-8(13)5-11(10)15-12(9)16/h3-5,7,9,14H,6H2,1-2H3,(H,15,16). The molecule has 1 unspecified atom stereocenters. The van der Waals surface area contributed by atoms with Crippen LogP contribution in [0.25, 0.3) is 0 Å².